The number of alkyl halides is 2. The fourth-order valence-corrected chi connectivity index (χ4v) is 8.42. The van der Waals surface area contributed by atoms with Gasteiger partial charge in [-0.2, -0.15) is 0 Å². The summed E-state index contributed by atoms with van der Waals surface area (Å²) in [6, 6.07) is 7.96. The number of phenolic OH excluding ortho intramolecular Hbond substituents is 1. The second-order valence-corrected chi connectivity index (χ2v) is 14.4. The first kappa shape index (κ1) is 32.1. The van der Waals surface area contributed by atoms with Crippen LogP contribution in [0.1, 0.15) is 39.2 Å². The minimum atomic E-state index is -2.05. The van der Waals surface area contributed by atoms with Gasteiger partial charge in [0.15, 0.2) is 21.2 Å². The van der Waals surface area contributed by atoms with E-state index in [0.29, 0.717) is 11.1 Å². The number of methoxy groups -OCH3 is 2. The molecule has 2 aliphatic carbocycles. The van der Waals surface area contributed by atoms with Gasteiger partial charge in [0.25, 0.3) is 11.8 Å². The smallest absolute Gasteiger partial charge is 0.258 e. The number of halogens is 3. The van der Waals surface area contributed by atoms with Crippen LogP contribution in [0, 0.1) is 29.5 Å². The van der Waals surface area contributed by atoms with Crippen molar-refractivity contribution in [3.05, 3.63) is 65.5 Å². The zero-order valence-electron chi connectivity index (χ0n) is 25.8. The molecule has 12 heteroatoms. The molecule has 2 heterocycles. The van der Waals surface area contributed by atoms with E-state index in [-0.39, 0.29) is 47.6 Å². The maximum absolute atomic E-state index is 14.4. The van der Waals surface area contributed by atoms with E-state index in [1.165, 1.54) is 31.3 Å². The standard InChI is InChI=1S/C34H33Cl2FN2O7/c1-32(2,3)39-28(41)21-12-11-20-22(26(21)29(39)42)16-33(35)30(43)38(19-9-7-18(37)8-10-19)31(44)34(33,36)23(20)13-6-17-14-24(45-4)27(40)25(15-17)46-5/h6-11,13-15,21-23,26,40H,12,16H2,1-5H3. The maximum Gasteiger partial charge on any atom is 0.258 e. The minimum Gasteiger partial charge on any atom is -0.502 e. The summed E-state index contributed by atoms with van der Waals surface area (Å²) in [4.78, 5) is 54.3. The van der Waals surface area contributed by atoms with Gasteiger partial charge < -0.3 is 14.6 Å². The molecule has 1 saturated carbocycles. The monoisotopic (exact) mass is 670 g/mol. The molecule has 2 aromatic rings. The van der Waals surface area contributed by atoms with Crippen LogP contribution in [0.4, 0.5) is 10.1 Å². The molecule has 2 saturated heterocycles. The van der Waals surface area contributed by atoms with Crippen LogP contribution in [0.2, 0.25) is 0 Å². The molecule has 2 aromatic carbocycles. The van der Waals surface area contributed by atoms with Gasteiger partial charge in [-0.3, -0.25) is 24.1 Å². The third kappa shape index (κ3) is 4.40. The maximum atomic E-state index is 14.4. The minimum absolute atomic E-state index is 0.0995. The van der Waals surface area contributed by atoms with Crippen LogP contribution < -0.4 is 14.4 Å². The van der Waals surface area contributed by atoms with Gasteiger partial charge in [0.05, 0.1) is 31.7 Å². The molecule has 6 unspecified atom stereocenters. The number of phenols is 1. The highest BCUT2D eigenvalue weighted by molar-refractivity contribution is 6.58. The number of hydrogen-bond donors (Lipinski definition) is 1. The molecular formula is C34H33Cl2FN2O7. The molecule has 1 N–H and O–H groups in total. The van der Waals surface area contributed by atoms with Crippen LogP contribution in [0.15, 0.2) is 54.1 Å². The number of carbonyl (C=O) groups excluding carboxylic acids is 4. The number of allylic oxidation sites excluding steroid dienone is 3. The third-order valence-corrected chi connectivity index (χ3v) is 11.0. The van der Waals surface area contributed by atoms with Crippen LogP contribution in [0.3, 0.4) is 0 Å². The highest BCUT2D eigenvalue weighted by atomic mass is 35.5. The van der Waals surface area contributed by atoms with E-state index in [4.69, 9.17) is 32.7 Å². The van der Waals surface area contributed by atoms with E-state index in [1.807, 2.05) is 6.08 Å². The number of amides is 4. The van der Waals surface area contributed by atoms with Gasteiger partial charge in [-0.25, -0.2) is 9.29 Å². The lowest BCUT2D eigenvalue weighted by Crippen LogP contribution is -2.60. The number of imide groups is 2. The second kappa shape index (κ2) is 10.8. The molecule has 4 amide bonds. The van der Waals surface area contributed by atoms with Crippen LogP contribution in [-0.2, 0) is 19.2 Å². The van der Waals surface area contributed by atoms with Gasteiger partial charge in [0.2, 0.25) is 17.6 Å². The number of aromatic hydroxyl groups is 1. The Morgan fingerprint density at radius 2 is 1.57 bits per heavy atom. The van der Waals surface area contributed by atoms with Gasteiger partial charge in [-0.05, 0) is 81.5 Å². The molecule has 0 spiro atoms. The van der Waals surface area contributed by atoms with Gasteiger partial charge in [-0.1, -0.05) is 23.8 Å². The second-order valence-electron chi connectivity index (χ2n) is 13.1. The molecule has 0 radical (unpaired) electrons. The summed E-state index contributed by atoms with van der Waals surface area (Å²) in [7, 11) is 2.78. The summed E-state index contributed by atoms with van der Waals surface area (Å²) in [5.41, 5.74) is 0.466. The van der Waals surface area contributed by atoms with Crippen molar-refractivity contribution >= 4 is 58.6 Å². The number of benzene rings is 2. The Hall–Kier alpha value is -3.89. The number of carbonyl (C=O) groups is 4. The average molecular weight is 672 g/mol. The Kier molecular flexibility index (Phi) is 7.56. The summed E-state index contributed by atoms with van der Waals surface area (Å²) in [5, 5.41) is 10.4. The lowest BCUT2D eigenvalue weighted by Gasteiger charge is -2.49. The Morgan fingerprint density at radius 3 is 2.13 bits per heavy atom. The fourth-order valence-electron chi connectivity index (χ4n) is 7.53. The molecule has 6 atom stereocenters. The van der Waals surface area contributed by atoms with Crippen LogP contribution >= 0.6 is 23.2 Å². The van der Waals surface area contributed by atoms with Crippen molar-refractivity contribution in [2.45, 2.75) is 48.9 Å². The van der Waals surface area contributed by atoms with E-state index in [1.54, 1.807) is 45.1 Å². The van der Waals surface area contributed by atoms with E-state index in [9.17, 15) is 28.7 Å². The summed E-state index contributed by atoms with van der Waals surface area (Å²) in [5.74, 6) is -5.87. The van der Waals surface area contributed by atoms with Gasteiger partial charge >= 0.3 is 0 Å². The molecule has 46 heavy (non-hydrogen) atoms. The number of ether oxygens (including phenoxy) is 2. The molecule has 242 valence electrons. The number of fused-ring (bicyclic) bond motifs is 4. The van der Waals surface area contributed by atoms with Crippen LogP contribution in [-0.4, -0.2) is 63.1 Å². The van der Waals surface area contributed by atoms with E-state index in [2.05, 4.69) is 0 Å². The van der Waals surface area contributed by atoms with Crippen molar-refractivity contribution in [3.8, 4) is 17.2 Å². The van der Waals surface area contributed by atoms with E-state index >= 15 is 0 Å². The average Bonchev–Trinajstić information content (AvgIpc) is 3.35. The lowest BCUT2D eigenvalue weighted by atomic mass is 9.57. The highest BCUT2D eigenvalue weighted by Gasteiger charge is 2.76. The van der Waals surface area contributed by atoms with Crippen LogP contribution in [0.25, 0.3) is 6.08 Å². The Bertz CT molecular complexity index is 1710. The Labute approximate surface area is 275 Å². The predicted octanol–water partition coefficient (Wildman–Crippen LogP) is 5.46. The summed E-state index contributed by atoms with van der Waals surface area (Å²) < 4.78 is 24.4. The predicted molar refractivity (Wildman–Crippen MR) is 169 cm³/mol. The van der Waals surface area contributed by atoms with Crippen molar-refractivity contribution in [3.63, 3.8) is 0 Å². The fraction of sp³-hybridized carbons (Fsp3) is 0.412. The summed E-state index contributed by atoms with van der Waals surface area (Å²) in [6.45, 7) is 5.36. The summed E-state index contributed by atoms with van der Waals surface area (Å²) in [6.07, 6.45) is 5.21. The normalized spacial score (nSPS) is 30.8. The van der Waals surface area contributed by atoms with Crippen molar-refractivity contribution in [1.82, 2.24) is 4.90 Å². The van der Waals surface area contributed by atoms with Gasteiger partial charge in [0, 0.05) is 11.5 Å². The van der Waals surface area contributed by atoms with Crippen molar-refractivity contribution in [2.24, 2.45) is 23.7 Å². The van der Waals surface area contributed by atoms with Crippen molar-refractivity contribution in [1.29, 1.82) is 0 Å². The molecule has 9 nitrogen and oxygen atoms in total. The zero-order valence-corrected chi connectivity index (χ0v) is 27.4. The number of hydrogen-bond acceptors (Lipinski definition) is 7. The number of rotatable bonds is 5. The first-order chi connectivity index (χ1) is 21.6. The Morgan fingerprint density at radius 1 is 0.957 bits per heavy atom. The zero-order chi connectivity index (χ0) is 33.5. The number of anilines is 1. The highest BCUT2D eigenvalue weighted by Crippen LogP contribution is 2.63. The van der Waals surface area contributed by atoms with E-state index in [0.717, 1.165) is 17.0 Å². The van der Waals surface area contributed by atoms with Crippen LogP contribution in [0.5, 0.6) is 17.2 Å². The molecule has 3 fully saturated rings. The van der Waals surface area contributed by atoms with Crippen molar-refractivity contribution in [2.75, 3.05) is 19.1 Å². The third-order valence-electron chi connectivity index (χ3n) is 9.61. The first-order valence-corrected chi connectivity index (χ1v) is 15.6. The van der Waals surface area contributed by atoms with Gasteiger partial charge in [-0.15, -0.1) is 23.2 Å². The molecule has 0 aromatic heterocycles. The number of nitrogens with zero attached hydrogens (tertiary/aromatic N) is 2. The summed E-state index contributed by atoms with van der Waals surface area (Å²) >= 11 is 14.7. The topological polar surface area (TPSA) is 113 Å². The lowest BCUT2D eigenvalue weighted by molar-refractivity contribution is -0.145. The van der Waals surface area contributed by atoms with Gasteiger partial charge in [0.1, 0.15) is 5.82 Å². The number of likely N-dealkylation sites (tertiary alicyclic amines) is 1. The molecular weight excluding hydrogens is 638 g/mol. The molecule has 0 bridgehead atoms. The molecule has 6 rings (SSSR count). The first-order valence-electron chi connectivity index (χ1n) is 14.8. The molecule has 4 aliphatic rings. The van der Waals surface area contributed by atoms with Crippen molar-refractivity contribution < 1.29 is 38.1 Å². The van der Waals surface area contributed by atoms with E-state index < -0.39 is 56.6 Å². The SMILES string of the molecule is COc1cc(C=CC2C3=CCC4C(=O)N(C(C)(C)C)C(=O)C4C3CC3(Cl)C(=O)N(c4ccc(F)cc4)C(=O)C23Cl)cc(OC)c1O. The largest absolute Gasteiger partial charge is 0.502 e. The Balaban J connectivity index is 1.52. The quantitative estimate of drug-likeness (QED) is 0.255. The molecule has 2 aliphatic heterocycles.